The maximum Gasteiger partial charge on any atom is 0.269 e. The zero-order valence-corrected chi connectivity index (χ0v) is 14.0. The van der Waals surface area contributed by atoms with Crippen LogP contribution >= 0.6 is 0 Å². The maximum absolute atomic E-state index is 10.7. The van der Waals surface area contributed by atoms with Crippen molar-refractivity contribution >= 4 is 5.69 Å². The van der Waals surface area contributed by atoms with Gasteiger partial charge in [0.15, 0.2) is 0 Å². The van der Waals surface area contributed by atoms with E-state index in [9.17, 15) is 10.1 Å². The smallest absolute Gasteiger partial charge is 0.269 e. The zero-order chi connectivity index (χ0) is 18.6. The summed E-state index contributed by atoms with van der Waals surface area (Å²) in [5.41, 5.74) is 1.39. The molecule has 4 rings (SSSR count). The van der Waals surface area contributed by atoms with E-state index in [4.69, 9.17) is 9.26 Å². The van der Waals surface area contributed by atoms with Crippen LogP contribution in [0.2, 0.25) is 0 Å². The molecule has 0 aliphatic heterocycles. The number of hydrogen-bond donors (Lipinski definition) is 0. The van der Waals surface area contributed by atoms with Crippen LogP contribution in [-0.2, 0) is 0 Å². The molecule has 4 aromatic rings. The minimum Gasteiger partial charge on any atom is -0.457 e. The van der Waals surface area contributed by atoms with E-state index in [1.165, 1.54) is 12.1 Å². The minimum absolute atomic E-state index is 0.00694. The van der Waals surface area contributed by atoms with Crippen molar-refractivity contribution in [2.75, 3.05) is 0 Å². The number of para-hydroxylation sites is 1. The normalized spacial score (nSPS) is 10.5. The standard InChI is InChI=1S/C20H13N3O4/c24-23(25)16-10-6-15(7-11-16)20-21-19(22-27-20)14-8-12-18(13-9-14)26-17-4-2-1-3-5-17/h1-13H. The van der Waals surface area contributed by atoms with Crippen LogP contribution in [-0.4, -0.2) is 15.1 Å². The summed E-state index contributed by atoms with van der Waals surface area (Å²) in [6.07, 6.45) is 0. The summed E-state index contributed by atoms with van der Waals surface area (Å²) >= 11 is 0. The molecule has 0 atom stereocenters. The minimum atomic E-state index is -0.456. The summed E-state index contributed by atoms with van der Waals surface area (Å²) in [6, 6.07) is 22.8. The maximum atomic E-state index is 10.7. The Labute approximate surface area is 154 Å². The van der Waals surface area contributed by atoms with Crippen LogP contribution in [0.3, 0.4) is 0 Å². The first-order valence-corrected chi connectivity index (χ1v) is 8.11. The Balaban J connectivity index is 1.52. The molecular weight excluding hydrogens is 346 g/mol. The number of nitro benzene ring substituents is 1. The molecule has 0 amide bonds. The van der Waals surface area contributed by atoms with Gasteiger partial charge in [-0.2, -0.15) is 4.98 Å². The quantitative estimate of drug-likeness (QED) is 0.363. The van der Waals surface area contributed by atoms with Crippen molar-refractivity contribution in [2.45, 2.75) is 0 Å². The Morgan fingerprint density at radius 3 is 2.11 bits per heavy atom. The Kier molecular flexibility index (Phi) is 4.32. The Hall–Kier alpha value is -4.00. The molecule has 0 N–H and O–H groups in total. The molecule has 0 spiro atoms. The molecule has 7 heteroatoms. The number of hydrogen-bond acceptors (Lipinski definition) is 6. The number of aromatic nitrogens is 2. The van der Waals surface area contributed by atoms with E-state index in [0.29, 0.717) is 23.0 Å². The van der Waals surface area contributed by atoms with Crippen LogP contribution in [0.4, 0.5) is 5.69 Å². The molecule has 0 aliphatic rings. The third-order valence-corrected chi connectivity index (χ3v) is 3.84. The summed E-state index contributed by atoms with van der Waals surface area (Å²) < 4.78 is 11.0. The van der Waals surface area contributed by atoms with Crippen molar-refractivity contribution in [3.8, 4) is 34.3 Å². The summed E-state index contributed by atoms with van der Waals surface area (Å²) in [6.45, 7) is 0. The lowest BCUT2D eigenvalue weighted by atomic mass is 10.2. The molecule has 0 unspecified atom stereocenters. The van der Waals surface area contributed by atoms with Crippen LogP contribution in [0.5, 0.6) is 11.5 Å². The fourth-order valence-electron chi connectivity index (χ4n) is 2.48. The van der Waals surface area contributed by atoms with Gasteiger partial charge in [0.25, 0.3) is 11.6 Å². The van der Waals surface area contributed by atoms with Crippen LogP contribution in [0.15, 0.2) is 83.4 Å². The molecule has 0 radical (unpaired) electrons. The van der Waals surface area contributed by atoms with E-state index in [1.54, 1.807) is 12.1 Å². The molecule has 3 aromatic carbocycles. The van der Waals surface area contributed by atoms with Crippen LogP contribution in [0.25, 0.3) is 22.8 Å². The van der Waals surface area contributed by atoms with Crippen molar-refractivity contribution < 1.29 is 14.2 Å². The number of benzene rings is 3. The summed E-state index contributed by atoms with van der Waals surface area (Å²) in [4.78, 5) is 14.6. The van der Waals surface area contributed by atoms with E-state index in [-0.39, 0.29) is 5.69 Å². The van der Waals surface area contributed by atoms with Crippen molar-refractivity contribution in [1.82, 2.24) is 10.1 Å². The van der Waals surface area contributed by atoms with Crippen LogP contribution in [0.1, 0.15) is 0 Å². The van der Waals surface area contributed by atoms with Gasteiger partial charge in [-0.25, -0.2) is 0 Å². The monoisotopic (exact) mass is 359 g/mol. The third-order valence-electron chi connectivity index (χ3n) is 3.84. The van der Waals surface area contributed by atoms with Gasteiger partial charge in [-0.15, -0.1) is 0 Å². The van der Waals surface area contributed by atoms with Crippen molar-refractivity contribution in [2.24, 2.45) is 0 Å². The SMILES string of the molecule is O=[N+]([O-])c1ccc(-c2nc(-c3ccc(Oc4ccccc4)cc3)no2)cc1. The van der Waals surface area contributed by atoms with E-state index < -0.39 is 4.92 Å². The summed E-state index contributed by atoms with van der Waals surface area (Å²) in [7, 11) is 0. The highest BCUT2D eigenvalue weighted by Crippen LogP contribution is 2.27. The second kappa shape index (κ2) is 7.09. The van der Waals surface area contributed by atoms with Gasteiger partial charge in [-0.05, 0) is 48.5 Å². The molecular formula is C20H13N3O4. The largest absolute Gasteiger partial charge is 0.457 e. The summed E-state index contributed by atoms with van der Waals surface area (Å²) in [5.74, 6) is 2.17. The number of nitro groups is 1. The predicted molar refractivity (Wildman–Crippen MR) is 98.3 cm³/mol. The molecule has 7 nitrogen and oxygen atoms in total. The lowest BCUT2D eigenvalue weighted by Gasteiger charge is -2.05. The average molecular weight is 359 g/mol. The van der Waals surface area contributed by atoms with E-state index in [0.717, 1.165) is 11.3 Å². The molecule has 132 valence electrons. The lowest BCUT2D eigenvalue weighted by molar-refractivity contribution is -0.384. The first kappa shape index (κ1) is 16.5. The Morgan fingerprint density at radius 2 is 1.44 bits per heavy atom. The molecule has 0 aliphatic carbocycles. The number of rotatable bonds is 5. The van der Waals surface area contributed by atoms with E-state index in [2.05, 4.69) is 10.1 Å². The predicted octanol–water partition coefficient (Wildman–Crippen LogP) is 5.10. The topological polar surface area (TPSA) is 91.3 Å². The lowest BCUT2D eigenvalue weighted by Crippen LogP contribution is -1.87. The highest BCUT2D eigenvalue weighted by Gasteiger charge is 2.12. The van der Waals surface area contributed by atoms with Gasteiger partial charge < -0.3 is 9.26 Å². The zero-order valence-electron chi connectivity index (χ0n) is 14.0. The van der Waals surface area contributed by atoms with Gasteiger partial charge in [0, 0.05) is 23.3 Å². The summed E-state index contributed by atoms with van der Waals surface area (Å²) in [5, 5.41) is 14.7. The highest BCUT2D eigenvalue weighted by atomic mass is 16.6. The molecule has 0 bridgehead atoms. The van der Waals surface area contributed by atoms with Crippen LogP contribution < -0.4 is 4.74 Å². The molecule has 0 saturated heterocycles. The highest BCUT2D eigenvalue weighted by molar-refractivity contribution is 5.61. The molecule has 1 heterocycles. The van der Waals surface area contributed by atoms with Gasteiger partial charge in [0.2, 0.25) is 5.82 Å². The first-order chi connectivity index (χ1) is 13.2. The van der Waals surface area contributed by atoms with Gasteiger partial charge in [0.1, 0.15) is 11.5 Å². The van der Waals surface area contributed by atoms with Crippen molar-refractivity contribution in [3.05, 3.63) is 89.0 Å². The second-order valence-electron chi connectivity index (χ2n) is 5.67. The molecule has 1 aromatic heterocycles. The third kappa shape index (κ3) is 3.67. The molecule has 27 heavy (non-hydrogen) atoms. The van der Waals surface area contributed by atoms with E-state index in [1.807, 2.05) is 54.6 Å². The van der Waals surface area contributed by atoms with Crippen molar-refractivity contribution in [3.63, 3.8) is 0 Å². The Bertz CT molecular complexity index is 1060. The number of ether oxygens (including phenoxy) is 1. The van der Waals surface area contributed by atoms with Gasteiger partial charge in [0.05, 0.1) is 4.92 Å². The molecule has 0 saturated carbocycles. The van der Waals surface area contributed by atoms with E-state index >= 15 is 0 Å². The second-order valence-corrected chi connectivity index (χ2v) is 5.67. The average Bonchev–Trinajstić information content (AvgIpc) is 3.20. The molecule has 0 fully saturated rings. The van der Waals surface area contributed by atoms with Gasteiger partial charge in [-0.1, -0.05) is 23.4 Å². The Morgan fingerprint density at radius 1 is 0.815 bits per heavy atom. The van der Waals surface area contributed by atoms with Gasteiger partial charge >= 0.3 is 0 Å². The fraction of sp³-hybridized carbons (Fsp3) is 0. The number of non-ortho nitro benzene ring substituents is 1. The van der Waals surface area contributed by atoms with Gasteiger partial charge in [-0.3, -0.25) is 10.1 Å². The van der Waals surface area contributed by atoms with Crippen LogP contribution in [0, 0.1) is 10.1 Å². The first-order valence-electron chi connectivity index (χ1n) is 8.11. The fourth-order valence-corrected chi connectivity index (χ4v) is 2.48. The van der Waals surface area contributed by atoms with Crippen molar-refractivity contribution in [1.29, 1.82) is 0 Å². The number of nitrogens with zero attached hydrogens (tertiary/aromatic N) is 3.